The molecule has 8 heteroatoms. The molecule has 222 valence electrons. The van der Waals surface area contributed by atoms with E-state index >= 15 is 0 Å². The summed E-state index contributed by atoms with van der Waals surface area (Å²) >= 11 is 0. The Morgan fingerprint density at radius 1 is 1.00 bits per heavy atom. The maximum atomic E-state index is 14.3. The van der Waals surface area contributed by atoms with Crippen LogP contribution in [-0.4, -0.2) is 44.0 Å². The lowest BCUT2D eigenvalue weighted by atomic mass is 9.86. The molecule has 1 heterocycles. The van der Waals surface area contributed by atoms with E-state index in [1.54, 1.807) is 6.08 Å². The number of aliphatic carboxylic acids is 1. The monoisotopic (exact) mass is 574 g/mol. The summed E-state index contributed by atoms with van der Waals surface area (Å²) in [6.45, 7) is 6.28. The Balaban J connectivity index is 1.91. The van der Waals surface area contributed by atoms with Gasteiger partial charge in [-0.1, -0.05) is 75.4 Å². The van der Waals surface area contributed by atoms with Gasteiger partial charge in [-0.25, -0.2) is 4.39 Å². The highest BCUT2D eigenvalue weighted by molar-refractivity contribution is 6.11. The number of halogens is 1. The summed E-state index contributed by atoms with van der Waals surface area (Å²) in [7, 11) is 0. The Labute approximate surface area is 246 Å². The normalized spacial score (nSPS) is 16.5. The minimum Gasteiger partial charge on any atom is -0.481 e. The number of nitrogens with one attached hydrogen (secondary N) is 1. The van der Waals surface area contributed by atoms with Crippen LogP contribution in [0.4, 0.5) is 10.1 Å². The van der Waals surface area contributed by atoms with Gasteiger partial charge in [0, 0.05) is 29.9 Å². The molecule has 0 fully saturated rings. The van der Waals surface area contributed by atoms with Crippen LogP contribution >= 0.6 is 0 Å². The van der Waals surface area contributed by atoms with Crippen molar-refractivity contribution in [1.82, 2.24) is 4.57 Å². The number of para-hydroxylation sites is 1. The molecule has 0 radical (unpaired) electrons. The van der Waals surface area contributed by atoms with Crippen LogP contribution in [0, 0.1) is 5.92 Å². The van der Waals surface area contributed by atoms with E-state index in [2.05, 4.69) is 9.88 Å². The number of hydrogen-bond donors (Lipinski definition) is 4. The fourth-order valence-corrected chi connectivity index (χ4v) is 5.72. The smallest absolute Gasteiger partial charge is 0.305 e. The van der Waals surface area contributed by atoms with Gasteiger partial charge in [-0.15, -0.1) is 0 Å². The molecule has 0 saturated heterocycles. The van der Waals surface area contributed by atoms with Gasteiger partial charge in [0.1, 0.15) is 5.83 Å². The van der Waals surface area contributed by atoms with Gasteiger partial charge in [0.25, 0.3) is 5.91 Å². The van der Waals surface area contributed by atoms with Gasteiger partial charge >= 0.3 is 5.97 Å². The second kappa shape index (κ2) is 13.8. The van der Waals surface area contributed by atoms with Crippen LogP contribution in [0.3, 0.4) is 0 Å². The number of carbonyl (C=O) groups excluding carboxylic acids is 1. The van der Waals surface area contributed by atoms with E-state index < -0.39 is 24.6 Å². The number of allylic oxidation sites excluding steroid dienone is 4. The first-order valence-corrected chi connectivity index (χ1v) is 14.4. The van der Waals surface area contributed by atoms with E-state index in [0.29, 0.717) is 17.8 Å². The molecule has 4 N–H and O–H groups in total. The van der Waals surface area contributed by atoms with E-state index in [9.17, 15) is 24.2 Å². The SMILES string of the molecule is CC1CC(F)=CC=C1c1c(-c2ccccc2)c(C(=O)Nc2ccccc2)c(C(C)C)n1CCC(O)CC(O)CC(=O)O. The van der Waals surface area contributed by atoms with Crippen molar-refractivity contribution in [3.8, 4) is 11.1 Å². The highest BCUT2D eigenvalue weighted by atomic mass is 19.1. The van der Waals surface area contributed by atoms with Gasteiger partial charge in [-0.3, -0.25) is 9.59 Å². The Morgan fingerprint density at radius 2 is 1.64 bits per heavy atom. The molecular formula is C34H39FN2O5. The number of carboxylic acid groups (broad SMARTS) is 1. The Hall–Kier alpha value is -4.01. The molecule has 2 aromatic carbocycles. The molecule has 3 unspecified atom stereocenters. The first-order chi connectivity index (χ1) is 20.1. The number of anilines is 1. The molecule has 1 amide bonds. The first-order valence-electron chi connectivity index (χ1n) is 14.4. The molecule has 1 aromatic heterocycles. The van der Waals surface area contributed by atoms with Gasteiger partial charge in [0.05, 0.1) is 29.9 Å². The predicted octanol–water partition coefficient (Wildman–Crippen LogP) is 6.78. The largest absolute Gasteiger partial charge is 0.481 e. The number of carbonyl (C=O) groups is 2. The third-order valence-corrected chi connectivity index (χ3v) is 7.56. The molecule has 0 spiro atoms. The summed E-state index contributed by atoms with van der Waals surface area (Å²) in [4.78, 5) is 25.2. The zero-order valence-corrected chi connectivity index (χ0v) is 24.3. The number of hydrogen-bond acceptors (Lipinski definition) is 4. The van der Waals surface area contributed by atoms with Gasteiger partial charge < -0.3 is 25.2 Å². The van der Waals surface area contributed by atoms with Gasteiger partial charge in [0.15, 0.2) is 0 Å². The number of benzene rings is 2. The molecule has 0 saturated carbocycles. The van der Waals surface area contributed by atoms with Crippen LogP contribution in [0.1, 0.15) is 74.1 Å². The van der Waals surface area contributed by atoms with Crippen molar-refractivity contribution >= 4 is 23.1 Å². The lowest BCUT2D eigenvalue weighted by molar-refractivity contribution is -0.139. The molecule has 0 bridgehead atoms. The summed E-state index contributed by atoms with van der Waals surface area (Å²) in [6, 6.07) is 18.9. The number of carboxylic acids is 1. The van der Waals surface area contributed by atoms with Crippen LogP contribution in [0.15, 0.2) is 78.6 Å². The zero-order chi connectivity index (χ0) is 30.4. The quantitative estimate of drug-likeness (QED) is 0.190. The average Bonchev–Trinajstić information content (AvgIpc) is 3.28. The van der Waals surface area contributed by atoms with Crippen molar-refractivity contribution in [3.63, 3.8) is 0 Å². The Kier molecular flexibility index (Phi) is 10.1. The maximum absolute atomic E-state index is 14.3. The van der Waals surface area contributed by atoms with Crippen molar-refractivity contribution in [2.24, 2.45) is 5.92 Å². The highest BCUT2D eigenvalue weighted by Crippen LogP contribution is 2.44. The second-order valence-corrected chi connectivity index (χ2v) is 11.2. The molecule has 3 atom stereocenters. The number of aliphatic hydroxyl groups is 2. The van der Waals surface area contributed by atoms with E-state index in [-0.39, 0.29) is 42.8 Å². The standard InChI is InChI=1S/C34H39FN2O5/c1-21(2)32-31(34(42)36-25-12-8-5-9-13-25)30(23-10-6-4-7-11-23)33(28-15-14-24(35)18-22(28)3)37(32)17-16-26(38)19-27(39)20-29(40)41/h4-15,21-22,26-27,38-39H,16-20H2,1-3H3,(H,36,42)(H,40,41). The molecule has 1 aliphatic rings. The number of rotatable bonds is 12. The van der Waals surface area contributed by atoms with Crippen LogP contribution in [-0.2, 0) is 11.3 Å². The number of nitrogens with zero attached hydrogens (tertiary/aromatic N) is 1. The number of aromatic nitrogens is 1. The Bertz CT molecular complexity index is 1460. The van der Waals surface area contributed by atoms with Crippen LogP contribution in [0.5, 0.6) is 0 Å². The number of aliphatic hydroxyl groups excluding tert-OH is 2. The number of amides is 1. The minimum absolute atomic E-state index is 0.0835. The summed E-state index contributed by atoms with van der Waals surface area (Å²) in [5.74, 6) is -1.88. The highest BCUT2D eigenvalue weighted by Gasteiger charge is 2.33. The fourth-order valence-electron chi connectivity index (χ4n) is 5.72. The molecule has 42 heavy (non-hydrogen) atoms. The lowest BCUT2D eigenvalue weighted by Gasteiger charge is -2.24. The Morgan fingerprint density at radius 3 is 2.24 bits per heavy atom. The van der Waals surface area contributed by atoms with Crippen molar-refractivity contribution < 1.29 is 29.3 Å². The topological polar surface area (TPSA) is 112 Å². The van der Waals surface area contributed by atoms with E-state index in [1.807, 2.05) is 81.4 Å². The van der Waals surface area contributed by atoms with E-state index in [0.717, 1.165) is 28.1 Å². The van der Waals surface area contributed by atoms with Crippen molar-refractivity contribution in [2.45, 2.75) is 71.1 Å². The van der Waals surface area contributed by atoms with E-state index in [1.165, 1.54) is 6.08 Å². The first kappa shape index (κ1) is 30.9. The summed E-state index contributed by atoms with van der Waals surface area (Å²) in [6.07, 6.45) is 1.02. The second-order valence-electron chi connectivity index (χ2n) is 11.2. The van der Waals surface area contributed by atoms with Gasteiger partial charge in [-0.05, 0) is 54.0 Å². The molecule has 0 aliphatic heterocycles. The zero-order valence-electron chi connectivity index (χ0n) is 24.3. The van der Waals surface area contributed by atoms with Crippen LogP contribution < -0.4 is 5.32 Å². The van der Waals surface area contributed by atoms with Gasteiger partial charge in [0.2, 0.25) is 0 Å². The average molecular weight is 575 g/mol. The molecule has 1 aliphatic carbocycles. The van der Waals surface area contributed by atoms with Gasteiger partial charge in [-0.2, -0.15) is 0 Å². The van der Waals surface area contributed by atoms with Crippen molar-refractivity contribution in [1.29, 1.82) is 0 Å². The predicted molar refractivity (Wildman–Crippen MR) is 163 cm³/mol. The lowest BCUT2D eigenvalue weighted by Crippen LogP contribution is -2.23. The van der Waals surface area contributed by atoms with Crippen LogP contribution in [0.25, 0.3) is 16.7 Å². The maximum Gasteiger partial charge on any atom is 0.305 e. The van der Waals surface area contributed by atoms with E-state index in [4.69, 9.17) is 5.11 Å². The minimum atomic E-state index is -1.17. The summed E-state index contributed by atoms with van der Waals surface area (Å²) in [5, 5.41) is 33.0. The molecule has 3 aromatic rings. The van der Waals surface area contributed by atoms with Crippen LogP contribution in [0.2, 0.25) is 0 Å². The molecule has 7 nitrogen and oxygen atoms in total. The van der Waals surface area contributed by atoms with Crippen molar-refractivity contribution in [2.75, 3.05) is 5.32 Å². The summed E-state index contributed by atoms with van der Waals surface area (Å²) in [5.41, 5.74) is 5.20. The summed E-state index contributed by atoms with van der Waals surface area (Å²) < 4.78 is 16.4. The fraction of sp³-hybridized carbons (Fsp3) is 0.353. The molecular weight excluding hydrogens is 535 g/mol. The third-order valence-electron chi connectivity index (χ3n) is 7.56. The molecule has 4 rings (SSSR count). The van der Waals surface area contributed by atoms with Crippen molar-refractivity contribution in [3.05, 3.63) is 95.6 Å². The third kappa shape index (κ3) is 7.24.